The maximum atomic E-state index is 5.85. The van der Waals surface area contributed by atoms with Crippen LogP contribution in [-0.2, 0) is 13.5 Å². The number of nitrogens with two attached hydrogens (primary N) is 1. The van der Waals surface area contributed by atoms with Gasteiger partial charge in [-0.3, -0.25) is 4.68 Å². The average Bonchev–Trinajstić information content (AvgIpc) is 2.36. The molecule has 0 saturated heterocycles. The molecule has 0 aromatic carbocycles. The summed E-state index contributed by atoms with van der Waals surface area (Å²) in [5, 5.41) is 4.16. The summed E-state index contributed by atoms with van der Waals surface area (Å²) in [4.78, 5) is 0. The molecule has 0 aliphatic heterocycles. The number of rotatable bonds is 3. The van der Waals surface area contributed by atoms with Gasteiger partial charge in [0.2, 0.25) is 0 Å². The van der Waals surface area contributed by atoms with Crippen LogP contribution in [0.5, 0.6) is 0 Å². The average molecular weight is 204 g/mol. The zero-order chi connectivity index (χ0) is 9.14. The molecule has 1 atom stereocenters. The normalized spacial score (nSPS) is 12.3. The largest absolute Gasteiger partial charge is 0.327 e. The quantitative estimate of drug-likeness (QED) is 0.808. The summed E-state index contributed by atoms with van der Waals surface area (Å²) in [6.45, 7) is 4.18. The van der Waals surface area contributed by atoms with Gasteiger partial charge in [0.05, 0.1) is 6.20 Å². The highest BCUT2D eigenvalue weighted by molar-refractivity contribution is 5.85. The molecule has 1 aromatic heterocycles. The highest BCUT2D eigenvalue weighted by atomic mass is 35.5. The summed E-state index contributed by atoms with van der Waals surface area (Å²) < 4.78 is 1.89. The lowest BCUT2D eigenvalue weighted by atomic mass is 10.1. The van der Waals surface area contributed by atoms with Crippen molar-refractivity contribution in [3.05, 3.63) is 17.5 Å². The number of hydrogen-bond acceptors (Lipinski definition) is 2. The molecule has 2 N–H and O–H groups in total. The van der Waals surface area contributed by atoms with Gasteiger partial charge in [-0.1, -0.05) is 6.92 Å². The van der Waals surface area contributed by atoms with Crippen molar-refractivity contribution in [1.82, 2.24) is 9.78 Å². The molecule has 1 rings (SSSR count). The van der Waals surface area contributed by atoms with E-state index < -0.39 is 0 Å². The Hall–Kier alpha value is -0.540. The van der Waals surface area contributed by atoms with Crippen LogP contribution in [0.15, 0.2) is 6.20 Å². The van der Waals surface area contributed by atoms with E-state index in [0.29, 0.717) is 0 Å². The van der Waals surface area contributed by atoms with Crippen LogP contribution in [0.4, 0.5) is 0 Å². The van der Waals surface area contributed by atoms with Gasteiger partial charge in [0.15, 0.2) is 0 Å². The van der Waals surface area contributed by atoms with Crippen LogP contribution in [0.1, 0.15) is 24.6 Å². The van der Waals surface area contributed by atoms with E-state index in [9.17, 15) is 0 Å². The number of hydrogen-bond donors (Lipinski definition) is 1. The Morgan fingerprint density at radius 3 is 2.62 bits per heavy atom. The third-order valence-corrected chi connectivity index (χ3v) is 2.34. The molecule has 0 aliphatic rings. The standard InChI is InChI=1S/C9H17N3.ClH/c1-4-9(10)5-8-6-11-12(3)7(8)2;/h6,9H,4-5,10H2,1-3H3;1H. The van der Waals surface area contributed by atoms with Crippen molar-refractivity contribution in [2.45, 2.75) is 32.7 Å². The number of nitrogens with zero attached hydrogens (tertiary/aromatic N) is 2. The van der Waals surface area contributed by atoms with Gasteiger partial charge < -0.3 is 5.73 Å². The van der Waals surface area contributed by atoms with Crippen molar-refractivity contribution in [2.75, 3.05) is 0 Å². The number of aryl methyl sites for hydroxylation is 1. The van der Waals surface area contributed by atoms with Crippen LogP contribution in [0.2, 0.25) is 0 Å². The van der Waals surface area contributed by atoms with Gasteiger partial charge in [0.1, 0.15) is 0 Å². The van der Waals surface area contributed by atoms with Crippen LogP contribution in [0.3, 0.4) is 0 Å². The predicted molar refractivity (Wildman–Crippen MR) is 57.2 cm³/mol. The van der Waals surface area contributed by atoms with E-state index in [4.69, 9.17) is 5.73 Å². The van der Waals surface area contributed by atoms with Crippen molar-refractivity contribution in [3.8, 4) is 0 Å². The van der Waals surface area contributed by atoms with E-state index in [1.807, 2.05) is 17.9 Å². The Kier molecular flexibility index (Phi) is 5.03. The first-order chi connectivity index (χ1) is 5.65. The summed E-state index contributed by atoms with van der Waals surface area (Å²) in [7, 11) is 1.95. The zero-order valence-electron chi connectivity index (χ0n) is 8.45. The topological polar surface area (TPSA) is 43.8 Å². The molecule has 3 nitrogen and oxygen atoms in total. The van der Waals surface area contributed by atoms with Crippen LogP contribution >= 0.6 is 12.4 Å². The summed E-state index contributed by atoms with van der Waals surface area (Å²) in [6.07, 6.45) is 3.87. The van der Waals surface area contributed by atoms with Gasteiger partial charge in [-0.25, -0.2) is 0 Å². The summed E-state index contributed by atoms with van der Waals surface area (Å²) >= 11 is 0. The zero-order valence-corrected chi connectivity index (χ0v) is 9.27. The van der Waals surface area contributed by atoms with Crippen LogP contribution in [0.25, 0.3) is 0 Å². The van der Waals surface area contributed by atoms with Gasteiger partial charge in [0, 0.05) is 18.8 Å². The minimum absolute atomic E-state index is 0. The van der Waals surface area contributed by atoms with Crippen molar-refractivity contribution in [2.24, 2.45) is 12.8 Å². The lowest BCUT2D eigenvalue weighted by Gasteiger charge is -2.07. The summed E-state index contributed by atoms with van der Waals surface area (Å²) in [5.41, 5.74) is 8.34. The van der Waals surface area contributed by atoms with Crippen LogP contribution in [0, 0.1) is 6.92 Å². The number of aromatic nitrogens is 2. The Morgan fingerprint density at radius 1 is 1.62 bits per heavy atom. The second-order valence-electron chi connectivity index (χ2n) is 3.25. The maximum Gasteiger partial charge on any atom is 0.0525 e. The highest BCUT2D eigenvalue weighted by Gasteiger charge is 2.06. The lowest BCUT2D eigenvalue weighted by Crippen LogP contribution is -2.21. The van der Waals surface area contributed by atoms with E-state index in [1.54, 1.807) is 0 Å². The second kappa shape index (κ2) is 5.25. The fourth-order valence-corrected chi connectivity index (χ4v) is 1.17. The van der Waals surface area contributed by atoms with E-state index in [-0.39, 0.29) is 18.4 Å². The molecular weight excluding hydrogens is 186 g/mol. The maximum absolute atomic E-state index is 5.85. The third-order valence-electron chi connectivity index (χ3n) is 2.34. The molecule has 0 radical (unpaired) electrons. The fourth-order valence-electron chi connectivity index (χ4n) is 1.17. The molecular formula is C9H18ClN3. The minimum Gasteiger partial charge on any atom is -0.327 e. The minimum atomic E-state index is 0. The van der Waals surface area contributed by atoms with Gasteiger partial charge in [-0.2, -0.15) is 5.10 Å². The Balaban J connectivity index is 0.00000144. The molecule has 0 spiro atoms. The van der Waals surface area contributed by atoms with Crippen molar-refractivity contribution in [1.29, 1.82) is 0 Å². The summed E-state index contributed by atoms with van der Waals surface area (Å²) in [5.74, 6) is 0. The van der Waals surface area contributed by atoms with Gasteiger partial charge in [-0.15, -0.1) is 12.4 Å². The monoisotopic (exact) mass is 203 g/mol. The van der Waals surface area contributed by atoms with Crippen molar-refractivity contribution >= 4 is 12.4 Å². The summed E-state index contributed by atoms with van der Waals surface area (Å²) in [6, 6.07) is 0.271. The predicted octanol–water partition coefficient (Wildman–Crippen LogP) is 1.43. The van der Waals surface area contributed by atoms with Crippen LogP contribution < -0.4 is 5.73 Å². The first-order valence-electron chi connectivity index (χ1n) is 4.38. The molecule has 0 aliphatic carbocycles. The molecule has 0 bridgehead atoms. The molecule has 4 heteroatoms. The van der Waals surface area contributed by atoms with E-state index in [1.165, 1.54) is 11.3 Å². The number of halogens is 1. The fraction of sp³-hybridized carbons (Fsp3) is 0.667. The molecule has 0 saturated carbocycles. The Bertz CT molecular complexity index is 257. The SMILES string of the molecule is CCC(N)Cc1cnn(C)c1C.Cl. The van der Waals surface area contributed by atoms with Crippen molar-refractivity contribution in [3.63, 3.8) is 0 Å². The molecule has 13 heavy (non-hydrogen) atoms. The molecule has 1 heterocycles. The first kappa shape index (κ1) is 12.5. The molecule has 0 amide bonds. The Labute approximate surface area is 85.7 Å². The molecule has 0 fully saturated rings. The van der Waals surface area contributed by atoms with Crippen molar-refractivity contribution < 1.29 is 0 Å². The van der Waals surface area contributed by atoms with E-state index >= 15 is 0 Å². The third kappa shape index (κ3) is 3.01. The van der Waals surface area contributed by atoms with E-state index in [0.717, 1.165) is 12.8 Å². The highest BCUT2D eigenvalue weighted by Crippen LogP contribution is 2.08. The Morgan fingerprint density at radius 2 is 2.23 bits per heavy atom. The van der Waals surface area contributed by atoms with Gasteiger partial charge >= 0.3 is 0 Å². The van der Waals surface area contributed by atoms with E-state index in [2.05, 4.69) is 18.9 Å². The van der Waals surface area contributed by atoms with Crippen LogP contribution in [-0.4, -0.2) is 15.8 Å². The first-order valence-corrected chi connectivity index (χ1v) is 4.38. The smallest absolute Gasteiger partial charge is 0.0525 e. The molecule has 1 aromatic rings. The van der Waals surface area contributed by atoms with Gasteiger partial charge in [-0.05, 0) is 25.3 Å². The lowest BCUT2D eigenvalue weighted by molar-refractivity contribution is 0.642. The molecule has 76 valence electrons. The molecule has 1 unspecified atom stereocenters. The second-order valence-corrected chi connectivity index (χ2v) is 3.25. The van der Waals surface area contributed by atoms with Gasteiger partial charge in [0.25, 0.3) is 0 Å².